The van der Waals surface area contributed by atoms with Gasteiger partial charge >= 0.3 is 18.9 Å². The van der Waals surface area contributed by atoms with E-state index in [0.29, 0.717) is 17.7 Å². The molecule has 4 rings (SSSR count). The van der Waals surface area contributed by atoms with Crippen LogP contribution < -0.4 is 29.3 Å². The van der Waals surface area contributed by atoms with Crippen LogP contribution in [-0.4, -0.2) is 29.9 Å². The molecule has 0 saturated carbocycles. The number of carboxylic acids is 1. The SMILES string of the molecule is CSCC[C@H](NC(=O)c1ccc(CC(Cc2ccccc2)c2ccccc2)cc1-c1ccccc1C)C(=O)[O-].[Li+]. The molecular formula is C34H34LiNO3S. The van der Waals surface area contributed by atoms with Crippen molar-refractivity contribution in [2.75, 3.05) is 12.0 Å². The van der Waals surface area contributed by atoms with Gasteiger partial charge in [-0.15, -0.1) is 0 Å². The number of carbonyl (C=O) groups is 2. The van der Waals surface area contributed by atoms with E-state index in [9.17, 15) is 14.7 Å². The number of carboxylic acid groups (broad SMARTS) is 1. The molecule has 0 aromatic heterocycles. The monoisotopic (exact) mass is 543 g/mol. The fraction of sp³-hybridized carbons (Fsp3) is 0.235. The zero-order valence-electron chi connectivity index (χ0n) is 23.4. The summed E-state index contributed by atoms with van der Waals surface area (Å²) in [6.45, 7) is 2.02. The molecule has 4 nitrogen and oxygen atoms in total. The first kappa shape index (κ1) is 31.3. The van der Waals surface area contributed by atoms with Crippen molar-refractivity contribution < 1.29 is 33.6 Å². The second-order valence-corrected chi connectivity index (χ2v) is 10.8. The minimum absolute atomic E-state index is 0. The van der Waals surface area contributed by atoms with E-state index < -0.39 is 17.9 Å². The van der Waals surface area contributed by atoms with Gasteiger partial charge in [0.15, 0.2) is 0 Å². The molecule has 0 heterocycles. The van der Waals surface area contributed by atoms with Gasteiger partial charge in [0.1, 0.15) is 0 Å². The van der Waals surface area contributed by atoms with Crippen LogP contribution in [0.3, 0.4) is 0 Å². The number of nitrogens with one attached hydrogen (secondary N) is 1. The maximum atomic E-state index is 13.4. The van der Waals surface area contributed by atoms with Gasteiger partial charge in [-0.3, -0.25) is 4.79 Å². The van der Waals surface area contributed by atoms with Crippen LogP contribution in [0, 0.1) is 6.92 Å². The van der Waals surface area contributed by atoms with Crippen molar-refractivity contribution in [1.82, 2.24) is 5.32 Å². The Morgan fingerprint density at radius 2 is 1.43 bits per heavy atom. The molecule has 0 bridgehead atoms. The van der Waals surface area contributed by atoms with E-state index in [1.807, 2.05) is 61.7 Å². The molecule has 0 saturated heterocycles. The summed E-state index contributed by atoms with van der Waals surface area (Å²) in [6, 6.07) is 33.9. The van der Waals surface area contributed by atoms with E-state index in [0.717, 1.165) is 35.1 Å². The summed E-state index contributed by atoms with van der Waals surface area (Å²) in [5.74, 6) is -0.797. The molecule has 1 unspecified atom stereocenters. The molecule has 2 atom stereocenters. The van der Waals surface area contributed by atoms with Crippen LogP contribution in [0.1, 0.15) is 45.0 Å². The van der Waals surface area contributed by atoms with E-state index in [1.54, 1.807) is 0 Å². The predicted molar refractivity (Wildman–Crippen MR) is 159 cm³/mol. The number of aryl methyl sites for hydroxylation is 1. The topological polar surface area (TPSA) is 69.2 Å². The minimum Gasteiger partial charge on any atom is -0.548 e. The summed E-state index contributed by atoms with van der Waals surface area (Å²) in [4.78, 5) is 25.1. The van der Waals surface area contributed by atoms with Gasteiger partial charge in [0.2, 0.25) is 0 Å². The Balaban J connectivity index is 0.00000441. The molecule has 40 heavy (non-hydrogen) atoms. The van der Waals surface area contributed by atoms with Gasteiger partial charge < -0.3 is 15.2 Å². The number of aliphatic carboxylic acids is 1. The molecule has 0 radical (unpaired) electrons. The van der Waals surface area contributed by atoms with Gasteiger partial charge in [0.25, 0.3) is 5.91 Å². The van der Waals surface area contributed by atoms with Gasteiger partial charge in [0.05, 0.1) is 12.0 Å². The van der Waals surface area contributed by atoms with Crippen molar-refractivity contribution >= 4 is 23.6 Å². The molecule has 0 spiro atoms. The Labute approximate surface area is 253 Å². The summed E-state index contributed by atoms with van der Waals surface area (Å²) < 4.78 is 0. The van der Waals surface area contributed by atoms with Crippen LogP contribution >= 0.6 is 11.8 Å². The summed E-state index contributed by atoms with van der Waals surface area (Å²) in [5, 5.41) is 14.4. The summed E-state index contributed by atoms with van der Waals surface area (Å²) >= 11 is 1.54. The van der Waals surface area contributed by atoms with Crippen LogP contribution in [0.25, 0.3) is 11.1 Å². The normalized spacial score (nSPS) is 12.2. The summed E-state index contributed by atoms with van der Waals surface area (Å²) in [7, 11) is 0. The number of carbonyl (C=O) groups excluding carboxylic acids is 2. The predicted octanol–water partition coefficient (Wildman–Crippen LogP) is 2.84. The first-order valence-electron chi connectivity index (χ1n) is 13.2. The first-order valence-corrected chi connectivity index (χ1v) is 14.6. The number of hydrogen-bond acceptors (Lipinski definition) is 4. The summed E-state index contributed by atoms with van der Waals surface area (Å²) in [6.07, 6.45) is 3.92. The molecule has 1 N–H and O–H groups in total. The number of benzene rings is 4. The molecule has 4 aromatic carbocycles. The maximum absolute atomic E-state index is 13.4. The van der Waals surface area contributed by atoms with E-state index in [1.165, 1.54) is 22.9 Å². The average Bonchev–Trinajstić information content (AvgIpc) is 2.96. The second-order valence-electron chi connectivity index (χ2n) is 9.82. The molecule has 4 aromatic rings. The fourth-order valence-electron chi connectivity index (χ4n) is 4.95. The van der Waals surface area contributed by atoms with Crippen LogP contribution in [0.2, 0.25) is 0 Å². The second kappa shape index (κ2) is 15.5. The molecule has 200 valence electrons. The number of rotatable bonds is 12. The van der Waals surface area contributed by atoms with Crippen LogP contribution in [-0.2, 0) is 17.6 Å². The Morgan fingerprint density at radius 3 is 2.08 bits per heavy atom. The van der Waals surface area contributed by atoms with Crippen molar-refractivity contribution in [3.05, 3.63) is 131 Å². The molecule has 1 amide bonds. The third-order valence-electron chi connectivity index (χ3n) is 7.04. The zero-order valence-corrected chi connectivity index (χ0v) is 24.2. The van der Waals surface area contributed by atoms with E-state index in [-0.39, 0.29) is 24.8 Å². The minimum atomic E-state index is -1.27. The first-order chi connectivity index (χ1) is 19.0. The van der Waals surface area contributed by atoms with Crippen molar-refractivity contribution in [2.45, 2.75) is 38.1 Å². The number of amides is 1. The molecule has 0 aliphatic heterocycles. The zero-order chi connectivity index (χ0) is 27.6. The van der Waals surface area contributed by atoms with Crippen LogP contribution in [0.5, 0.6) is 0 Å². The molecular weight excluding hydrogens is 509 g/mol. The standard InChI is InChI=1S/C34H35NO3S.Li/c1-24-11-9-10-16-29(24)31-23-26(17-18-30(31)33(36)35-32(34(37)38)19-20-39-2)22-28(27-14-7-4-8-15-27)21-25-12-5-3-6-13-25;/h3-18,23,28,32H,19-22H2,1-2H3,(H,35,36)(H,37,38);/q;+1/p-1/t28?,32-;/m0./s1. The van der Waals surface area contributed by atoms with Gasteiger partial charge in [0, 0.05) is 5.56 Å². The van der Waals surface area contributed by atoms with E-state index in [2.05, 4.69) is 59.9 Å². The third-order valence-corrected chi connectivity index (χ3v) is 7.69. The van der Waals surface area contributed by atoms with Gasteiger partial charge in [-0.25, -0.2) is 0 Å². The Morgan fingerprint density at radius 1 is 0.800 bits per heavy atom. The smallest absolute Gasteiger partial charge is 0.548 e. The third kappa shape index (κ3) is 8.38. The number of hydrogen-bond donors (Lipinski definition) is 1. The van der Waals surface area contributed by atoms with Crippen molar-refractivity contribution in [1.29, 1.82) is 0 Å². The fourth-order valence-corrected chi connectivity index (χ4v) is 5.42. The van der Waals surface area contributed by atoms with Crippen LogP contribution in [0.15, 0.2) is 103 Å². The maximum Gasteiger partial charge on any atom is 1.00 e. The Bertz CT molecular complexity index is 1390. The molecule has 0 aliphatic rings. The van der Waals surface area contributed by atoms with Gasteiger partial charge in [-0.1, -0.05) is 97.1 Å². The van der Waals surface area contributed by atoms with E-state index in [4.69, 9.17) is 0 Å². The molecule has 6 heteroatoms. The van der Waals surface area contributed by atoms with Crippen molar-refractivity contribution in [3.8, 4) is 11.1 Å². The van der Waals surface area contributed by atoms with Gasteiger partial charge in [-0.2, -0.15) is 11.8 Å². The summed E-state index contributed by atoms with van der Waals surface area (Å²) in [5.41, 5.74) is 6.93. The Hall–Kier alpha value is -3.23. The molecule has 0 aliphatic carbocycles. The Kier molecular flexibility index (Phi) is 12.1. The quantitative estimate of drug-likeness (QED) is 0.279. The number of thioether (sulfide) groups is 1. The largest absolute Gasteiger partial charge is 1.00 e. The van der Waals surface area contributed by atoms with Crippen molar-refractivity contribution in [3.63, 3.8) is 0 Å². The van der Waals surface area contributed by atoms with Crippen LogP contribution in [0.4, 0.5) is 0 Å². The van der Waals surface area contributed by atoms with Crippen molar-refractivity contribution in [2.24, 2.45) is 0 Å². The van der Waals surface area contributed by atoms with Gasteiger partial charge in [-0.05, 0) is 83.6 Å². The average molecular weight is 544 g/mol. The van der Waals surface area contributed by atoms with E-state index >= 15 is 0 Å². The molecule has 0 fully saturated rings.